The van der Waals surface area contributed by atoms with E-state index >= 15 is 0 Å². The van der Waals surface area contributed by atoms with Crippen molar-refractivity contribution >= 4 is 17.0 Å². The van der Waals surface area contributed by atoms with Crippen molar-refractivity contribution in [3.63, 3.8) is 0 Å². The first-order chi connectivity index (χ1) is 9.63. The Hall–Kier alpha value is -2.95. The van der Waals surface area contributed by atoms with E-state index in [1.54, 1.807) is 36.5 Å². The zero-order valence-electron chi connectivity index (χ0n) is 10.3. The minimum Gasteiger partial charge on any atom is -0.508 e. The molecular weight excluding hydrogens is 256 g/mol. The normalized spacial score (nSPS) is 10.6. The first-order valence-electron chi connectivity index (χ1n) is 5.93. The van der Waals surface area contributed by atoms with Crippen LogP contribution in [0.1, 0.15) is 10.4 Å². The van der Waals surface area contributed by atoms with Gasteiger partial charge in [0.05, 0.1) is 28.5 Å². The van der Waals surface area contributed by atoms with E-state index in [9.17, 15) is 9.90 Å². The maximum absolute atomic E-state index is 10.8. The van der Waals surface area contributed by atoms with Crippen molar-refractivity contribution < 1.29 is 15.0 Å². The third kappa shape index (κ3) is 2.16. The Morgan fingerprint density at radius 1 is 1.00 bits per heavy atom. The van der Waals surface area contributed by atoms with E-state index < -0.39 is 5.97 Å². The van der Waals surface area contributed by atoms with Crippen LogP contribution in [0.2, 0.25) is 0 Å². The Balaban J connectivity index is 2.05. The second kappa shape index (κ2) is 4.62. The number of carbonyl (C=O) groups is 1. The molecule has 0 amide bonds. The SMILES string of the molecule is O=C(O)c1ccc(-c2cnc3cc(O)ccc3n2)cc1. The molecule has 3 aromatic rings. The second-order valence-electron chi connectivity index (χ2n) is 4.31. The van der Waals surface area contributed by atoms with Gasteiger partial charge in [-0.25, -0.2) is 9.78 Å². The molecule has 0 unspecified atom stereocenters. The standard InChI is InChI=1S/C15H10N2O3/c18-11-5-6-12-13(7-11)16-8-14(17-12)9-1-3-10(4-2-9)15(19)20/h1-8,18H,(H,19,20). The molecule has 3 rings (SSSR count). The second-order valence-corrected chi connectivity index (χ2v) is 4.31. The van der Waals surface area contributed by atoms with Crippen LogP contribution >= 0.6 is 0 Å². The van der Waals surface area contributed by atoms with Gasteiger partial charge in [-0.05, 0) is 24.3 Å². The van der Waals surface area contributed by atoms with E-state index in [1.165, 1.54) is 12.1 Å². The topological polar surface area (TPSA) is 83.3 Å². The lowest BCUT2D eigenvalue weighted by Crippen LogP contribution is -1.95. The van der Waals surface area contributed by atoms with Crippen LogP contribution < -0.4 is 0 Å². The third-order valence-corrected chi connectivity index (χ3v) is 2.95. The van der Waals surface area contributed by atoms with Crippen molar-refractivity contribution in [3.05, 3.63) is 54.2 Å². The number of hydrogen-bond acceptors (Lipinski definition) is 4. The van der Waals surface area contributed by atoms with Crippen LogP contribution in [0.5, 0.6) is 5.75 Å². The summed E-state index contributed by atoms with van der Waals surface area (Å²) in [6, 6.07) is 11.2. The van der Waals surface area contributed by atoms with Gasteiger partial charge in [0.15, 0.2) is 0 Å². The minimum atomic E-state index is -0.961. The lowest BCUT2D eigenvalue weighted by molar-refractivity contribution is 0.0697. The van der Waals surface area contributed by atoms with Crippen LogP contribution in [0.3, 0.4) is 0 Å². The molecule has 5 heteroatoms. The number of aromatic nitrogens is 2. The number of benzene rings is 2. The van der Waals surface area contributed by atoms with Gasteiger partial charge in [-0.2, -0.15) is 0 Å². The number of rotatable bonds is 2. The number of nitrogens with zero attached hydrogens (tertiary/aromatic N) is 2. The lowest BCUT2D eigenvalue weighted by atomic mass is 10.1. The molecule has 2 aromatic carbocycles. The largest absolute Gasteiger partial charge is 0.508 e. The maximum Gasteiger partial charge on any atom is 0.335 e. The highest BCUT2D eigenvalue weighted by molar-refractivity contribution is 5.88. The van der Waals surface area contributed by atoms with Crippen molar-refractivity contribution in [1.29, 1.82) is 0 Å². The first kappa shape index (κ1) is 12.1. The molecule has 0 radical (unpaired) electrons. The third-order valence-electron chi connectivity index (χ3n) is 2.95. The Labute approximate surface area is 114 Å². The Morgan fingerprint density at radius 2 is 1.75 bits per heavy atom. The predicted molar refractivity (Wildman–Crippen MR) is 73.6 cm³/mol. The summed E-state index contributed by atoms with van der Waals surface area (Å²) in [7, 11) is 0. The van der Waals surface area contributed by atoms with Crippen molar-refractivity contribution in [2.45, 2.75) is 0 Å². The van der Waals surface area contributed by atoms with E-state index in [2.05, 4.69) is 9.97 Å². The molecule has 0 aliphatic carbocycles. The summed E-state index contributed by atoms with van der Waals surface area (Å²) in [6.07, 6.45) is 1.59. The highest BCUT2D eigenvalue weighted by atomic mass is 16.4. The van der Waals surface area contributed by atoms with E-state index in [1.807, 2.05) is 0 Å². The quantitative estimate of drug-likeness (QED) is 0.745. The van der Waals surface area contributed by atoms with Crippen molar-refractivity contribution in [3.8, 4) is 17.0 Å². The summed E-state index contributed by atoms with van der Waals surface area (Å²) in [6.45, 7) is 0. The predicted octanol–water partition coefficient (Wildman–Crippen LogP) is 2.70. The molecule has 5 nitrogen and oxygen atoms in total. The molecule has 0 atom stereocenters. The van der Waals surface area contributed by atoms with Gasteiger partial charge in [0.1, 0.15) is 5.75 Å². The van der Waals surface area contributed by atoms with Crippen molar-refractivity contribution in [1.82, 2.24) is 9.97 Å². The molecule has 20 heavy (non-hydrogen) atoms. The van der Waals surface area contributed by atoms with Crippen LogP contribution in [-0.4, -0.2) is 26.2 Å². The molecule has 0 bridgehead atoms. The molecule has 2 N–H and O–H groups in total. The number of aromatic hydroxyl groups is 1. The highest BCUT2D eigenvalue weighted by Crippen LogP contribution is 2.21. The van der Waals surface area contributed by atoms with Crippen LogP contribution in [-0.2, 0) is 0 Å². The molecule has 0 spiro atoms. The molecule has 1 aromatic heterocycles. The molecule has 0 aliphatic rings. The molecule has 1 heterocycles. The summed E-state index contributed by atoms with van der Waals surface area (Å²) in [5.74, 6) is -0.818. The van der Waals surface area contributed by atoms with Crippen LogP contribution in [0, 0.1) is 0 Å². The smallest absolute Gasteiger partial charge is 0.335 e. The van der Waals surface area contributed by atoms with Crippen LogP contribution in [0.15, 0.2) is 48.7 Å². The molecule has 0 fully saturated rings. The van der Waals surface area contributed by atoms with Crippen LogP contribution in [0.4, 0.5) is 0 Å². The van der Waals surface area contributed by atoms with E-state index in [4.69, 9.17) is 5.11 Å². The number of carboxylic acid groups (broad SMARTS) is 1. The fourth-order valence-corrected chi connectivity index (χ4v) is 1.92. The van der Waals surface area contributed by atoms with E-state index in [0.717, 1.165) is 5.56 Å². The zero-order chi connectivity index (χ0) is 14.1. The summed E-state index contributed by atoms with van der Waals surface area (Å²) in [5.41, 5.74) is 2.95. The summed E-state index contributed by atoms with van der Waals surface area (Å²) >= 11 is 0. The van der Waals surface area contributed by atoms with E-state index in [0.29, 0.717) is 16.7 Å². The van der Waals surface area contributed by atoms with E-state index in [-0.39, 0.29) is 11.3 Å². The molecular formula is C15H10N2O3. The summed E-state index contributed by atoms with van der Waals surface area (Å²) in [4.78, 5) is 19.5. The van der Waals surface area contributed by atoms with Crippen molar-refractivity contribution in [2.24, 2.45) is 0 Å². The fraction of sp³-hybridized carbons (Fsp3) is 0. The Morgan fingerprint density at radius 3 is 2.45 bits per heavy atom. The number of fused-ring (bicyclic) bond motifs is 1. The Kier molecular flexibility index (Phi) is 2.80. The van der Waals surface area contributed by atoms with Gasteiger partial charge in [-0.1, -0.05) is 12.1 Å². The number of carboxylic acids is 1. The number of phenolic OH excluding ortho intramolecular Hbond substituents is 1. The molecule has 0 saturated heterocycles. The highest BCUT2D eigenvalue weighted by Gasteiger charge is 2.06. The maximum atomic E-state index is 10.8. The number of aromatic carboxylic acids is 1. The van der Waals surface area contributed by atoms with Crippen molar-refractivity contribution in [2.75, 3.05) is 0 Å². The average molecular weight is 266 g/mol. The zero-order valence-corrected chi connectivity index (χ0v) is 10.3. The lowest BCUT2D eigenvalue weighted by Gasteiger charge is -2.03. The summed E-state index contributed by atoms with van der Waals surface area (Å²) < 4.78 is 0. The number of phenols is 1. The van der Waals surface area contributed by atoms with Crippen LogP contribution in [0.25, 0.3) is 22.3 Å². The van der Waals surface area contributed by atoms with Gasteiger partial charge in [0.25, 0.3) is 0 Å². The van der Waals surface area contributed by atoms with Gasteiger partial charge >= 0.3 is 5.97 Å². The van der Waals surface area contributed by atoms with Gasteiger partial charge in [0, 0.05) is 11.6 Å². The minimum absolute atomic E-state index is 0.144. The van der Waals surface area contributed by atoms with Gasteiger partial charge < -0.3 is 10.2 Å². The monoisotopic (exact) mass is 266 g/mol. The fourth-order valence-electron chi connectivity index (χ4n) is 1.92. The molecule has 98 valence electrons. The molecule has 0 aliphatic heterocycles. The average Bonchev–Trinajstić information content (AvgIpc) is 2.47. The Bertz CT molecular complexity index is 798. The first-order valence-corrected chi connectivity index (χ1v) is 5.93. The molecule has 0 saturated carbocycles. The van der Waals surface area contributed by atoms with Gasteiger partial charge in [0.2, 0.25) is 0 Å². The summed E-state index contributed by atoms with van der Waals surface area (Å²) in [5, 5.41) is 18.2. The number of hydrogen-bond donors (Lipinski definition) is 2. The van der Waals surface area contributed by atoms with Gasteiger partial charge in [-0.15, -0.1) is 0 Å². The van der Waals surface area contributed by atoms with Gasteiger partial charge in [-0.3, -0.25) is 4.98 Å².